The number of halogens is 4. The van der Waals surface area contributed by atoms with E-state index in [0.717, 1.165) is 12.1 Å². The highest BCUT2D eigenvalue weighted by atomic mass is 19.2. The molecule has 3 rings (SSSR count). The van der Waals surface area contributed by atoms with Gasteiger partial charge in [0.15, 0.2) is 0 Å². The van der Waals surface area contributed by atoms with Gasteiger partial charge in [-0.2, -0.15) is 0 Å². The number of para-hydroxylation sites is 1. The van der Waals surface area contributed by atoms with Crippen molar-refractivity contribution in [3.05, 3.63) is 53.4 Å². The van der Waals surface area contributed by atoms with E-state index in [9.17, 15) is 22.4 Å². The molecule has 4 nitrogen and oxygen atoms in total. The minimum Gasteiger partial charge on any atom is -0.374 e. The van der Waals surface area contributed by atoms with Crippen LogP contribution >= 0.6 is 0 Å². The quantitative estimate of drug-likeness (QED) is 0.643. The molecule has 0 heterocycles. The summed E-state index contributed by atoms with van der Waals surface area (Å²) in [6, 6.07) is 2.47. The Labute approximate surface area is 167 Å². The summed E-state index contributed by atoms with van der Waals surface area (Å²) in [6.45, 7) is 1.23. The number of urea groups is 1. The van der Waals surface area contributed by atoms with E-state index in [1.54, 1.807) is 0 Å². The van der Waals surface area contributed by atoms with E-state index in [1.165, 1.54) is 25.1 Å². The zero-order chi connectivity index (χ0) is 21.0. The molecule has 1 saturated carbocycles. The molecule has 2 N–H and O–H groups in total. The van der Waals surface area contributed by atoms with Crippen LogP contribution in [0.25, 0.3) is 0 Å². The molecule has 0 saturated heterocycles. The van der Waals surface area contributed by atoms with Crippen LogP contribution in [0.3, 0.4) is 0 Å². The van der Waals surface area contributed by atoms with Gasteiger partial charge in [0.2, 0.25) is 0 Å². The van der Waals surface area contributed by atoms with E-state index in [-0.39, 0.29) is 30.7 Å². The predicted octanol–water partition coefficient (Wildman–Crippen LogP) is 5.33. The van der Waals surface area contributed by atoms with E-state index >= 15 is 0 Å². The van der Waals surface area contributed by atoms with Crippen molar-refractivity contribution in [2.75, 3.05) is 11.9 Å². The first-order chi connectivity index (χ1) is 13.8. The Morgan fingerprint density at radius 2 is 1.83 bits per heavy atom. The van der Waals surface area contributed by atoms with E-state index in [0.29, 0.717) is 25.7 Å². The maximum Gasteiger partial charge on any atom is 0.319 e. The summed E-state index contributed by atoms with van der Waals surface area (Å²) in [4.78, 5) is 12.0. The molecule has 29 heavy (non-hydrogen) atoms. The third-order valence-corrected chi connectivity index (χ3v) is 5.36. The average molecular weight is 412 g/mol. The number of alkyl halides is 1. The van der Waals surface area contributed by atoms with Gasteiger partial charge in [0, 0.05) is 18.0 Å². The van der Waals surface area contributed by atoms with E-state index < -0.39 is 34.8 Å². The molecular weight excluding hydrogens is 388 g/mol. The molecule has 0 spiro atoms. The fourth-order valence-corrected chi connectivity index (χ4v) is 3.60. The molecule has 1 atom stereocenters. The Hall–Kier alpha value is -2.35. The molecule has 1 unspecified atom stereocenters. The van der Waals surface area contributed by atoms with Crippen LogP contribution in [-0.2, 0) is 4.74 Å². The number of benzene rings is 1. The fourth-order valence-electron chi connectivity index (χ4n) is 3.60. The lowest BCUT2D eigenvalue weighted by molar-refractivity contribution is 0.0258. The van der Waals surface area contributed by atoms with E-state index in [1.807, 2.05) is 0 Å². The van der Waals surface area contributed by atoms with Crippen LogP contribution in [-0.4, -0.2) is 30.5 Å². The van der Waals surface area contributed by atoms with Gasteiger partial charge in [-0.05, 0) is 50.8 Å². The molecule has 0 aliphatic heterocycles. The second-order valence-corrected chi connectivity index (χ2v) is 7.61. The van der Waals surface area contributed by atoms with Crippen molar-refractivity contribution in [1.29, 1.82) is 0 Å². The maximum atomic E-state index is 14.4. The maximum absolute atomic E-state index is 14.4. The molecular formula is C21H24F4N2O2. The van der Waals surface area contributed by atoms with Crippen LogP contribution in [0.15, 0.2) is 41.8 Å². The number of hydrogen-bond acceptors (Lipinski definition) is 2. The lowest BCUT2D eigenvalue weighted by Crippen LogP contribution is -2.41. The highest BCUT2D eigenvalue weighted by Crippen LogP contribution is 2.34. The van der Waals surface area contributed by atoms with Crippen molar-refractivity contribution < 1.29 is 27.1 Å². The summed E-state index contributed by atoms with van der Waals surface area (Å²) in [5.41, 5.74) is -2.22. The van der Waals surface area contributed by atoms with Crippen molar-refractivity contribution in [3.8, 4) is 0 Å². The lowest BCUT2D eigenvalue weighted by Gasteiger charge is -2.31. The second-order valence-electron chi connectivity index (χ2n) is 7.61. The number of ether oxygens (including phenoxy) is 1. The van der Waals surface area contributed by atoms with E-state index in [2.05, 4.69) is 10.6 Å². The summed E-state index contributed by atoms with van der Waals surface area (Å²) >= 11 is 0. The Balaban J connectivity index is 1.45. The highest BCUT2D eigenvalue weighted by Gasteiger charge is 2.33. The molecule has 1 aromatic carbocycles. The zero-order valence-corrected chi connectivity index (χ0v) is 16.1. The van der Waals surface area contributed by atoms with Crippen molar-refractivity contribution in [2.45, 2.75) is 56.8 Å². The summed E-state index contributed by atoms with van der Waals surface area (Å²) < 4.78 is 61.3. The fraction of sp³-hybridized carbons (Fsp3) is 0.476. The molecule has 2 aliphatic rings. The number of nitrogens with one attached hydrogen (secondary N) is 2. The SMILES string of the molecule is CC1(F)CC=CC(F)=C1COC1CCC(NC(=O)Nc2c(F)cccc2F)CC1. The Kier molecular flexibility index (Phi) is 6.62. The number of allylic oxidation sites excluding steroid dienone is 3. The van der Waals surface area contributed by atoms with E-state index in [4.69, 9.17) is 4.74 Å². The van der Waals surface area contributed by atoms with Crippen LogP contribution in [0.5, 0.6) is 0 Å². The highest BCUT2D eigenvalue weighted by molar-refractivity contribution is 5.89. The van der Waals surface area contributed by atoms with Gasteiger partial charge in [0.05, 0.1) is 12.7 Å². The van der Waals surface area contributed by atoms with Gasteiger partial charge < -0.3 is 15.4 Å². The van der Waals surface area contributed by atoms with Crippen LogP contribution in [0.4, 0.5) is 28.0 Å². The van der Waals surface area contributed by atoms with Crippen LogP contribution in [0, 0.1) is 11.6 Å². The minimum absolute atomic E-state index is 0.0199. The van der Waals surface area contributed by atoms with Crippen molar-refractivity contribution >= 4 is 11.7 Å². The van der Waals surface area contributed by atoms with Gasteiger partial charge in [-0.1, -0.05) is 12.1 Å². The standard InChI is InChI=1S/C21H24F4N2O2/c1-21(25)11-3-6-16(22)15(21)12-29-14-9-7-13(8-10-14)26-20(28)27-19-17(23)4-2-5-18(19)24/h2-6,13-14H,7-12H2,1H3,(H2,26,27,28). The Morgan fingerprint density at radius 3 is 2.45 bits per heavy atom. The van der Waals surface area contributed by atoms with Crippen molar-refractivity contribution in [3.63, 3.8) is 0 Å². The molecule has 1 fully saturated rings. The molecule has 2 aliphatic carbocycles. The van der Waals surface area contributed by atoms with Gasteiger partial charge in [-0.25, -0.2) is 22.4 Å². The molecule has 0 aromatic heterocycles. The Bertz CT molecular complexity index is 795. The summed E-state index contributed by atoms with van der Waals surface area (Å²) in [5, 5.41) is 4.88. The first-order valence-electron chi connectivity index (χ1n) is 9.64. The lowest BCUT2D eigenvalue weighted by atomic mass is 9.89. The van der Waals surface area contributed by atoms with Crippen LogP contribution in [0.2, 0.25) is 0 Å². The number of carbonyl (C=O) groups excluding carboxylic acids is 1. The molecule has 8 heteroatoms. The summed E-state index contributed by atoms with van der Waals surface area (Å²) in [5.74, 6) is -2.29. The molecule has 0 radical (unpaired) electrons. The van der Waals surface area contributed by atoms with Crippen LogP contribution < -0.4 is 10.6 Å². The summed E-state index contributed by atoms with van der Waals surface area (Å²) in [7, 11) is 0. The van der Waals surface area contributed by atoms with Gasteiger partial charge >= 0.3 is 6.03 Å². The second kappa shape index (κ2) is 8.98. The van der Waals surface area contributed by atoms with Gasteiger partial charge in [0.1, 0.15) is 28.8 Å². The van der Waals surface area contributed by atoms with Crippen molar-refractivity contribution in [1.82, 2.24) is 5.32 Å². The minimum atomic E-state index is -1.75. The molecule has 1 aromatic rings. The van der Waals surface area contributed by atoms with Crippen molar-refractivity contribution in [2.24, 2.45) is 0 Å². The first-order valence-corrected chi connectivity index (χ1v) is 9.64. The van der Waals surface area contributed by atoms with Gasteiger partial charge in [-0.3, -0.25) is 0 Å². The smallest absolute Gasteiger partial charge is 0.319 e. The number of anilines is 1. The average Bonchev–Trinajstić information content (AvgIpc) is 2.65. The number of carbonyl (C=O) groups is 1. The summed E-state index contributed by atoms with van der Waals surface area (Å²) in [6.07, 6.45) is 5.07. The largest absolute Gasteiger partial charge is 0.374 e. The van der Waals surface area contributed by atoms with Crippen LogP contribution in [0.1, 0.15) is 39.0 Å². The monoisotopic (exact) mass is 412 g/mol. The zero-order valence-electron chi connectivity index (χ0n) is 16.1. The molecule has 0 bridgehead atoms. The third-order valence-electron chi connectivity index (χ3n) is 5.36. The molecule has 158 valence electrons. The normalized spacial score (nSPS) is 27.1. The van der Waals surface area contributed by atoms with Gasteiger partial charge in [0.25, 0.3) is 0 Å². The number of rotatable bonds is 5. The third kappa shape index (κ3) is 5.38. The number of amides is 2. The molecule has 2 amide bonds. The number of hydrogen-bond donors (Lipinski definition) is 2. The first kappa shape index (κ1) is 21.4. The Morgan fingerprint density at radius 1 is 1.17 bits per heavy atom. The predicted molar refractivity (Wildman–Crippen MR) is 102 cm³/mol. The topological polar surface area (TPSA) is 50.4 Å². The van der Waals surface area contributed by atoms with Gasteiger partial charge in [-0.15, -0.1) is 0 Å².